The summed E-state index contributed by atoms with van der Waals surface area (Å²) in [7, 11) is 0. The molecule has 3 heteroatoms. The first-order valence-corrected chi connectivity index (χ1v) is 8.31. The van der Waals surface area contributed by atoms with E-state index in [1.807, 2.05) is 0 Å². The van der Waals surface area contributed by atoms with Crippen molar-refractivity contribution in [1.82, 2.24) is 10.2 Å². The van der Waals surface area contributed by atoms with Gasteiger partial charge in [0, 0.05) is 12.6 Å². The lowest BCUT2D eigenvalue weighted by atomic mass is 9.96. The number of nitrogens with one attached hydrogen (secondary N) is 1. The summed E-state index contributed by atoms with van der Waals surface area (Å²) in [5.41, 5.74) is 0. The Morgan fingerprint density at radius 1 is 1.21 bits per heavy atom. The highest BCUT2D eigenvalue weighted by Gasteiger charge is 2.20. The van der Waals surface area contributed by atoms with Crippen LogP contribution >= 0.6 is 0 Å². The second-order valence-corrected chi connectivity index (χ2v) is 6.63. The van der Waals surface area contributed by atoms with E-state index in [-0.39, 0.29) is 0 Å². The van der Waals surface area contributed by atoms with Gasteiger partial charge in [-0.2, -0.15) is 0 Å². The van der Waals surface area contributed by atoms with Gasteiger partial charge < -0.3 is 15.0 Å². The zero-order valence-electron chi connectivity index (χ0n) is 12.9. The molecule has 0 aromatic carbocycles. The van der Waals surface area contributed by atoms with Crippen LogP contribution in [0.4, 0.5) is 0 Å². The first kappa shape index (κ1) is 15.3. The van der Waals surface area contributed by atoms with Gasteiger partial charge in [-0.15, -0.1) is 0 Å². The number of ether oxygens (including phenoxy) is 1. The van der Waals surface area contributed by atoms with E-state index in [4.69, 9.17) is 4.74 Å². The van der Waals surface area contributed by atoms with Crippen LogP contribution < -0.4 is 5.32 Å². The van der Waals surface area contributed by atoms with Crippen LogP contribution in [-0.4, -0.2) is 49.8 Å². The van der Waals surface area contributed by atoms with Crippen molar-refractivity contribution < 1.29 is 4.74 Å². The van der Waals surface area contributed by atoms with E-state index < -0.39 is 0 Å². The number of nitrogens with zero attached hydrogens (tertiary/aromatic N) is 1. The van der Waals surface area contributed by atoms with Gasteiger partial charge >= 0.3 is 0 Å². The van der Waals surface area contributed by atoms with Gasteiger partial charge in [0.05, 0.1) is 6.10 Å². The lowest BCUT2D eigenvalue weighted by Gasteiger charge is -2.32. The summed E-state index contributed by atoms with van der Waals surface area (Å²) in [5, 5.41) is 3.58. The first-order valence-electron chi connectivity index (χ1n) is 8.31. The second kappa shape index (κ2) is 8.23. The number of hydrogen-bond donors (Lipinski definition) is 1. The average molecular weight is 268 g/mol. The molecule has 112 valence electrons. The maximum atomic E-state index is 5.69. The van der Waals surface area contributed by atoms with E-state index in [0.29, 0.717) is 12.1 Å². The van der Waals surface area contributed by atoms with Crippen molar-refractivity contribution in [3.8, 4) is 0 Å². The number of hydrogen-bond acceptors (Lipinski definition) is 3. The van der Waals surface area contributed by atoms with E-state index in [2.05, 4.69) is 24.1 Å². The smallest absolute Gasteiger partial charge is 0.0576 e. The largest absolute Gasteiger partial charge is 0.378 e. The Bertz CT molecular complexity index is 231. The van der Waals surface area contributed by atoms with Crippen LogP contribution in [0.5, 0.6) is 0 Å². The SMILES string of the molecule is CC(C)NCC1CCN(CCCC2CCCO2)CC1. The van der Waals surface area contributed by atoms with Gasteiger partial charge in [-0.25, -0.2) is 0 Å². The molecular formula is C16H32N2O. The third kappa shape index (κ3) is 5.80. The molecule has 0 aromatic heterocycles. The summed E-state index contributed by atoms with van der Waals surface area (Å²) in [6.45, 7) is 10.6. The Kier molecular flexibility index (Phi) is 6.62. The third-order valence-electron chi connectivity index (χ3n) is 4.55. The van der Waals surface area contributed by atoms with Crippen molar-refractivity contribution in [2.45, 2.75) is 64.5 Å². The zero-order valence-corrected chi connectivity index (χ0v) is 12.9. The number of likely N-dealkylation sites (tertiary alicyclic amines) is 1. The Balaban J connectivity index is 1.50. The molecule has 2 saturated heterocycles. The van der Waals surface area contributed by atoms with Gasteiger partial charge in [0.2, 0.25) is 0 Å². The van der Waals surface area contributed by atoms with Crippen LogP contribution in [0.25, 0.3) is 0 Å². The highest BCUT2D eigenvalue weighted by atomic mass is 16.5. The molecule has 1 unspecified atom stereocenters. The molecule has 2 fully saturated rings. The third-order valence-corrected chi connectivity index (χ3v) is 4.55. The summed E-state index contributed by atoms with van der Waals surface area (Å²) >= 11 is 0. The molecule has 1 N–H and O–H groups in total. The minimum Gasteiger partial charge on any atom is -0.378 e. The van der Waals surface area contributed by atoms with Gasteiger partial charge in [-0.3, -0.25) is 0 Å². The van der Waals surface area contributed by atoms with Gasteiger partial charge in [0.1, 0.15) is 0 Å². The minimum absolute atomic E-state index is 0.577. The van der Waals surface area contributed by atoms with Crippen molar-refractivity contribution in [3.63, 3.8) is 0 Å². The Morgan fingerprint density at radius 2 is 2.00 bits per heavy atom. The number of piperidine rings is 1. The van der Waals surface area contributed by atoms with E-state index in [1.54, 1.807) is 0 Å². The molecule has 2 aliphatic heterocycles. The van der Waals surface area contributed by atoms with E-state index in [0.717, 1.165) is 12.5 Å². The fourth-order valence-electron chi connectivity index (χ4n) is 3.23. The summed E-state index contributed by atoms with van der Waals surface area (Å²) in [5.74, 6) is 0.900. The lowest BCUT2D eigenvalue weighted by Crippen LogP contribution is -2.39. The highest BCUT2D eigenvalue weighted by Crippen LogP contribution is 2.19. The molecule has 0 aromatic rings. The molecule has 0 radical (unpaired) electrons. The van der Waals surface area contributed by atoms with Gasteiger partial charge in [0.15, 0.2) is 0 Å². The topological polar surface area (TPSA) is 24.5 Å². The van der Waals surface area contributed by atoms with Gasteiger partial charge in [0.25, 0.3) is 0 Å². The molecule has 3 nitrogen and oxygen atoms in total. The maximum Gasteiger partial charge on any atom is 0.0576 e. The molecule has 2 rings (SSSR count). The van der Waals surface area contributed by atoms with Crippen molar-refractivity contribution in [3.05, 3.63) is 0 Å². The van der Waals surface area contributed by atoms with Crippen LogP contribution in [0.15, 0.2) is 0 Å². The molecule has 0 spiro atoms. The first-order chi connectivity index (χ1) is 9.24. The Hall–Kier alpha value is -0.120. The second-order valence-electron chi connectivity index (χ2n) is 6.63. The normalized spacial score (nSPS) is 26.4. The van der Waals surface area contributed by atoms with Crippen molar-refractivity contribution in [2.75, 3.05) is 32.8 Å². The average Bonchev–Trinajstić information content (AvgIpc) is 2.91. The summed E-state index contributed by atoms with van der Waals surface area (Å²) in [6.07, 6.45) is 8.49. The Labute approximate surface area is 119 Å². The van der Waals surface area contributed by atoms with E-state index in [9.17, 15) is 0 Å². The summed E-state index contributed by atoms with van der Waals surface area (Å²) in [4.78, 5) is 2.65. The van der Waals surface area contributed by atoms with E-state index in [1.165, 1.54) is 64.7 Å². The fourth-order valence-corrected chi connectivity index (χ4v) is 3.23. The molecule has 19 heavy (non-hydrogen) atoms. The molecule has 2 aliphatic rings. The van der Waals surface area contributed by atoms with Crippen LogP contribution in [-0.2, 0) is 4.74 Å². The zero-order chi connectivity index (χ0) is 13.5. The number of rotatable bonds is 7. The van der Waals surface area contributed by atoms with Crippen LogP contribution in [0.2, 0.25) is 0 Å². The maximum absolute atomic E-state index is 5.69. The molecule has 0 saturated carbocycles. The van der Waals surface area contributed by atoms with Gasteiger partial charge in [-0.05, 0) is 70.6 Å². The van der Waals surface area contributed by atoms with Crippen LogP contribution in [0.1, 0.15) is 52.4 Å². The predicted molar refractivity (Wildman–Crippen MR) is 80.5 cm³/mol. The van der Waals surface area contributed by atoms with Crippen molar-refractivity contribution in [2.24, 2.45) is 5.92 Å². The molecule has 0 aliphatic carbocycles. The quantitative estimate of drug-likeness (QED) is 0.768. The van der Waals surface area contributed by atoms with E-state index >= 15 is 0 Å². The van der Waals surface area contributed by atoms with Crippen molar-refractivity contribution >= 4 is 0 Å². The molecular weight excluding hydrogens is 236 g/mol. The molecule has 1 atom stereocenters. The minimum atomic E-state index is 0.577. The Morgan fingerprint density at radius 3 is 2.63 bits per heavy atom. The standard InChI is InChI=1S/C16H32N2O/c1-14(2)17-13-15-7-10-18(11-8-15)9-3-5-16-6-4-12-19-16/h14-17H,3-13H2,1-2H3. The summed E-state index contributed by atoms with van der Waals surface area (Å²) < 4.78 is 5.69. The van der Waals surface area contributed by atoms with Crippen molar-refractivity contribution in [1.29, 1.82) is 0 Å². The molecule has 0 bridgehead atoms. The lowest BCUT2D eigenvalue weighted by molar-refractivity contribution is 0.0959. The molecule has 0 amide bonds. The summed E-state index contributed by atoms with van der Waals surface area (Å²) in [6, 6.07) is 0.629. The fraction of sp³-hybridized carbons (Fsp3) is 1.00. The highest BCUT2D eigenvalue weighted by molar-refractivity contribution is 4.75. The monoisotopic (exact) mass is 268 g/mol. The molecule has 2 heterocycles. The van der Waals surface area contributed by atoms with Crippen LogP contribution in [0, 0.1) is 5.92 Å². The van der Waals surface area contributed by atoms with Crippen LogP contribution in [0.3, 0.4) is 0 Å². The van der Waals surface area contributed by atoms with Gasteiger partial charge in [-0.1, -0.05) is 13.8 Å². The predicted octanol–water partition coefficient (Wildman–Crippen LogP) is 2.66.